The average molecular weight is 348 g/mol. The van der Waals surface area contributed by atoms with Crippen LogP contribution in [0.2, 0.25) is 0 Å². The second-order valence-corrected chi connectivity index (χ2v) is 6.94. The summed E-state index contributed by atoms with van der Waals surface area (Å²) in [6, 6.07) is 10.2. The molecule has 2 rings (SSSR count). The second kappa shape index (κ2) is 9.78. The summed E-state index contributed by atoms with van der Waals surface area (Å²) in [5.41, 5.74) is 0.971. The number of hydrogen-bond acceptors (Lipinski definition) is 3. The Morgan fingerprint density at radius 1 is 1.24 bits per heavy atom. The quantitative estimate of drug-likeness (QED) is 0.797. The molecule has 0 aliphatic carbocycles. The number of hydrogen-bond donors (Lipinski definition) is 2. The molecule has 1 aliphatic heterocycles. The van der Waals surface area contributed by atoms with E-state index in [0.717, 1.165) is 31.5 Å². The molecular weight excluding hydrogens is 314 g/mol. The van der Waals surface area contributed by atoms with E-state index >= 15 is 0 Å². The summed E-state index contributed by atoms with van der Waals surface area (Å²) in [6.07, 6.45) is 1.25. The van der Waals surface area contributed by atoms with Crippen molar-refractivity contribution in [1.82, 2.24) is 15.1 Å². The highest BCUT2D eigenvalue weighted by Gasteiger charge is 2.28. The first kappa shape index (κ1) is 19.7. The lowest BCUT2D eigenvalue weighted by Gasteiger charge is -2.35. The first-order valence-corrected chi connectivity index (χ1v) is 9.56. The summed E-state index contributed by atoms with van der Waals surface area (Å²) in [6.45, 7) is 10.5. The van der Waals surface area contributed by atoms with E-state index in [4.69, 9.17) is 0 Å². The number of aliphatic hydroxyl groups excluding tert-OH is 1. The van der Waals surface area contributed by atoms with Gasteiger partial charge in [-0.2, -0.15) is 0 Å². The van der Waals surface area contributed by atoms with Crippen LogP contribution in [0.4, 0.5) is 4.79 Å². The summed E-state index contributed by atoms with van der Waals surface area (Å²) in [7, 11) is 0. The SMILES string of the molecule is CCN(CC)C(C)CNC(=O)N1CCC(C(O)c2ccccc2)CC1. The van der Waals surface area contributed by atoms with Crippen LogP contribution >= 0.6 is 0 Å². The number of aliphatic hydroxyl groups is 1. The zero-order valence-corrected chi connectivity index (χ0v) is 15.8. The van der Waals surface area contributed by atoms with Crippen LogP contribution in [-0.4, -0.2) is 59.7 Å². The molecule has 140 valence electrons. The highest BCUT2D eigenvalue weighted by atomic mass is 16.3. The Morgan fingerprint density at radius 2 is 1.84 bits per heavy atom. The fourth-order valence-electron chi connectivity index (χ4n) is 3.66. The third-order valence-corrected chi connectivity index (χ3v) is 5.40. The molecule has 25 heavy (non-hydrogen) atoms. The van der Waals surface area contributed by atoms with Crippen molar-refractivity contribution in [2.24, 2.45) is 5.92 Å². The maximum Gasteiger partial charge on any atom is 0.317 e. The molecular formula is C20H33N3O2. The highest BCUT2D eigenvalue weighted by molar-refractivity contribution is 5.74. The van der Waals surface area contributed by atoms with Gasteiger partial charge >= 0.3 is 6.03 Å². The number of piperidine rings is 1. The molecule has 2 unspecified atom stereocenters. The van der Waals surface area contributed by atoms with Crippen molar-refractivity contribution in [3.63, 3.8) is 0 Å². The van der Waals surface area contributed by atoms with Crippen molar-refractivity contribution in [3.8, 4) is 0 Å². The van der Waals surface area contributed by atoms with E-state index in [0.29, 0.717) is 25.7 Å². The van der Waals surface area contributed by atoms with Gasteiger partial charge < -0.3 is 15.3 Å². The monoisotopic (exact) mass is 347 g/mol. The summed E-state index contributed by atoms with van der Waals surface area (Å²) < 4.78 is 0. The minimum absolute atomic E-state index is 0.0201. The first-order valence-electron chi connectivity index (χ1n) is 9.56. The number of carbonyl (C=O) groups is 1. The van der Waals surface area contributed by atoms with Gasteiger partial charge in [0.1, 0.15) is 0 Å². The number of nitrogens with one attached hydrogen (secondary N) is 1. The molecule has 0 saturated carbocycles. The molecule has 1 fully saturated rings. The van der Waals surface area contributed by atoms with E-state index in [1.165, 1.54) is 0 Å². The zero-order chi connectivity index (χ0) is 18.2. The van der Waals surface area contributed by atoms with E-state index in [1.807, 2.05) is 35.2 Å². The predicted molar refractivity (Wildman–Crippen MR) is 101 cm³/mol. The Hall–Kier alpha value is -1.59. The van der Waals surface area contributed by atoms with Gasteiger partial charge in [0.05, 0.1) is 6.10 Å². The molecule has 2 atom stereocenters. The molecule has 1 saturated heterocycles. The van der Waals surface area contributed by atoms with Crippen LogP contribution in [0.5, 0.6) is 0 Å². The predicted octanol–water partition coefficient (Wildman–Crippen LogP) is 2.87. The Morgan fingerprint density at radius 3 is 2.40 bits per heavy atom. The summed E-state index contributed by atoms with van der Waals surface area (Å²) in [5, 5.41) is 13.6. The van der Waals surface area contributed by atoms with Gasteiger partial charge in [-0.05, 0) is 44.3 Å². The lowest BCUT2D eigenvalue weighted by Crippen LogP contribution is -2.49. The Balaban J connectivity index is 1.76. The normalized spacial score (nSPS) is 18.2. The minimum atomic E-state index is -0.436. The average Bonchev–Trinajstić information content (AvgIpc) is 2.67. The van der Waals surface area contributed by atoms with Crippen molar-refractivity contribution in [2.75, 3.05) is 32.7 Å². The van der Waals surface area contributed by atoms with Gasteiger partial charge in [0.25, 0.3) is 0 Å². The van der Waals surface area contributed by atoms with Gasteiger partial charge in [-0.1, -0.05) is 44.2 Å². The van der Waals surface area contributed by atoms with Gasteiger partial charge in [0, 0.05) is 25.7 Å². The number of amides is 2. The van der Waals surface area contributed by atoms with Crippen LogP contribution in [0.3, 0.4) is 0 Å². The Labute approximate surface area is 152 Å². The summed E-state index contributed by atoms with van der Waals surface area (Å²) in [4.78, 5) is 16.6. The van der Waals surface area contributed by atoms with Crippen LogP contribution in [0.15, 0.2) is 30.3 Å². The number of likely N-dealkylation sites (tertiary alicyclic amines) is 1. The molecule has 1 heterocycles. The van der Waals surface area contributed by atoms with Crippen molar-refractivity contribution >= 4 is 6.03 Å². The van der Waals surface area contributed by atoms with Crippen LogP contribution in [0.1, 0.15) is 45.3 Å². The van der Waals surface area contributed by atoms with Crippen LogP contribution in [0.25, 0.3) is 0 Å². The third kappa shape index (κ3) is 5.44. The molecule has 0 spiro atoms. The number of carbonyl (C=O) groups excluding carboxylic acids is 1. The fourth-order valence-corrected chi connectivity index (χ4v) is 3.66. The minimum Gasteiger partial charge on any atom is -0.388 e. The van der Waals surface area contributed by atoms with E-state index in [1.54, 1.807) is 0 Å². The molecule has 0 bridgehead atoms. The molecule has 1 aromatic carbocycles. The molecule has 0 radical (unpaired) electrons. The maximum atomic E-state index is 12.4. The van der Waals surface area contributed by atoms with Crippen LogP contribution in [-0.2, 0) is 0 Å². The first-order chi connectivity index (χ1) is 12.1. The Kier molecular flexibility index (Phi) is 7.72. The zero-order valence-electron chi connectivity index (χ0n) is 15.8. The maximum absolute atomic E-state index is 12.4. The van der Waals surface area contributed by atoms with Gasteiger partial charge in [-0.25, -0.2) is 4.79 Å². The molecule has 2 N–H and O–H groups in total. The third-order valence-electron chi connectivity index (χ3n) is 5.40. The molecule has 5 nitrogen and oxygen atoms in total. The largest absolute Gasteiger partial charge is 0.388 e. The number of benzene rings is 1. The van der Waals surface area contributed by atoms with Crippen molar-refractivity contribution in [2.45, 2.75) is 45.8 Å². The topological polar surface area (TPSA) is 55.8 Å². The van der Waals surface area contributed by atoms with E-state index in [2.05, 4.69) is 31.0 Å². The van der Waals surface area contributed by atoms with Crippen LogP contribution < -0.4 is 5.32 Å². The molecule has 1 aliphatic rings. The van der Waals surface area contributed by atoms with Gasteiger partial charge in [0.2, 0.25) is 0 Å². The van der Waals surface area contributed by atoms with E-state index < -0.39 is 6.10 Å². The van der Waals surface area contributed by atoms with Crippen LogP contribution in [0, 0.1) is 5.92 Å². The summed E-state index contributed by atoms with van der Waals surface area (Å²) in [5.74, 6) is 0.223. The van der Waals surface area contributed by atoms with E-state index in [-0.39, 0.29) is 11.9 Å². The van der Waals surface area contributed by atoms with Gasteiger partial charge in [-0.3, -0.25) is 4.90 Å². The van der Waals surface area contributed by atoms with Crippen molar-refractivity contribution < 1.29 is 9.90 Å². The number of urea groups is 1. The molecule has 1 aromatic rings. The smallest absolute Gasteiger partial charge is 0.317 e. The number of likely N-dealkylation sites (N-methyl/N-ethyl adjacent to an activating group) is 1. The fraction of sp³-hybridized carbons (Fsp3) is 0.650. The van der Waals surface area contributed by atoms with Crippen molar-refractivity contribution in [1.29, 1.82) is 0 Å². The van der Waals surface area contributed by atoms with Gasteiger partial charge in [-0.15, -0.1) is 0 Å². The highest BCUT2D eigenvalue weighted by Crippen LogP contribution is 2.30. The lowest BCUT2D eigenvalue weighted by atomic mass is 9.87. The number of rotatable bonds is 7. The standard InChI is InChI=1S/C20H33N3O2/c1-4-22(5-2)16(3)15-21-20(25)23-13-11-18(12-14-23)19(24)17-9-7-6-8-10-17/h6-10,16,18-19,24H,4-5,11-15H2,1-3H3,(H,21,25). The van der Waals surface area contributed by atoms with E-state index in [9.17, 15) is 9.90 Å². The molecule has 5 heteroatoms. The molecule has 2 amide bonds. The lowest BCUT2D eigenvalue weighted by molar-refractivity contribution is 0.0662. The van der Waals surface area contributed by atoms with Gasteiger partial charge in [0.15, 0.2) is 0 Å². The molecule has 0 aromatic heterocycles. The Bertz CT molecular complexity index is 511. The second-order valence-electron chi connectivity index (χ2n) is 6.94. The number of nitrogens with zero attached hydrogens (tertiary/aromatic N) is 2. The van der Waals surface area contributed by atoms with Crippen molar-refractivity contribution in [3.05, 3.63) is 35.9 Å². The summed E-state index contributed by atoms with van der Waals surface area (Å²) >= 11 is 0.